The van der Waals surface area contributed by atoms with Gasteiger partial charge in [0, 0.05) is 39.0 Å². The third-order valence-corrected chi connectivity index (χ3v) is 7.21. The molecule has 1 N–H and O–H groups in total. The number of hydrogen-bond donors (Lipinski definition) is 1. The molecule has 0 bridgehead atoms. The largest absolute Gasteiger partial charge is 0.338 e. The number of urea groups is 1. The van der Waals surface area contributed by atoms with Crippen molar-refractivity contribution in [3.63, 3.8) is 0 Å². The van der Waals surface area contributed by atoms with Crippen LogP contribution in [0.5, 0.6) is 0 Å². The number of carbonyl (C=O) groups is 2. The van der Waals surface area contributed by atoms with Gasteiger partial charge in [0.2, 0.25) is 0 Å². The number of rotatable bonds is 3. The maximum absolute atomic E-state index is 12.9. The zero-order valence-corrected chi connectivity index (χ0v) is 16.2. The third kappa shape index (κ3) is 2.81. The van der Waals surface area contributed by atoms with Crippen LogP contribution in [0.4, 0.5) is 4.79 Å². The van der Waals surface area contributed by atoms with Crippen LogP contribution in [0.1, 0.15) is 58.3 Å². The Kier molecular flexibility index (Phi) is 4.70. The first kappa shape index (κ1) is 17.8. The number of nitrogens with one attached hydrogen (secondary N) is 1. The fourth-order valence-corrected chi connectivity index (χ4v) is 5.68. The van der Waals surface area contributed by atoms with Gasteiger partial charge in [0.15, 0.2) is 0 Å². The number of likely N-dealkylation sites (tertiary alicyclic amines) is 1. The molecular weight excluding hydrogens is 328 g/mol. The maximum Gasteiger partial charge on any atom is 0.317 e. The zero-order valence-electron chi connectivity index (χ0n) is 16.2. The lowest BCUT2D eigenvalue weighted by Gasteiger charge is -2.27. The normalized spacial score (nSPS) is 34.5. The Labute approximate surface area is 156 Å². The van der Waals surface area contributed by atoms with Crippen LogP contribution in [0.15, 0.2) is 4.99 Å². The first-order valence-electron chi connectivity index (χ1n) is 10.4. The number of amidine groups is 1. The second kappa shape index (κ2) is 6.86. The van der Waals surface area contributed by atoms with Crippen LogP contribution in [0.3, 0.4) is 0 Å². The molecule has 0 aromatic carbocycles. The molecule has 4 aliphatic rings. The quantitative estimate of drug-likeness (QED) is 0.841. The van der Waals surface area contributed by atoms with Crippen molar-refractivity contribution >= 4 is 17.8 Å². The van der Waals surface area contributed by atoms with E-state index < -0.39 is 5.54 Å². The molecule has 6 nitrogen and oxygen atoms in total. The fourth-order valence-electron chi connectivity index (χ4n) is 5.68. The number of likely N-dealkylation sites (N-methyl/N-ethyl adjacent to an activating group) is 1. The standard InChI is InChI=1S/C20H32N4O2/c1-3-17-22-20(18(25)23(17)2)10-9-15-12-24(13-16(15)20)19(26)21-11-14-7-5-4-6-8-14/h14-16H,3-13H2,1-2H3,(H,21,26)/t15-,16+,20-/m1/s1. The number of hydrogen-bond acceptors (Lipinski definition) is 3. The number of fused-ring (bicyclic) bond motifs is 2. The number of carbonyl (C=O) groups excluding carboxylic acids is 2. The Hall–Kier alpha value is -1.59. The molecule has 6 heteroatoms. The van der Waals surface area contributed by atoms with E-state index in [0.29, 0.717) is 18.4 Å². The van der Waals surface area contributed by atoms with Gasteiger partial charge >= 0.3 is 6.03 Å². The highest BCUT2D eigenvalue weighted by Crippen LogP contribution is 2.50. The monoisotopic (exact) mass is 360 g/mol. The third-order valence-electron chi connectivity index (χ3n) is 7.21. The smallest absolute Gasteiger partial charge is 0.317 e. The van der Waals surface area contributed by atoms with E-state index in [1.165, 1.54) is 32.1 Å². The molecule has 0 radical (unpaired) electrons. The van der Waals surface area contributed by atoms with E-state index in [9.17, 15) is 9.59 Å². The van der Waals surface area contributed by atoms with E-state index in [1.807, 2.05) is 18.9 Å². The van der Waals surface area contributed by atoms with Crippen LogP contribution in [-0.2, 0) is 4.79 Å². The highest BCUT2D eigenvalue weighted by molar-refractivity contribution is 6.08. The van der Waals surface area contributed by atoms with Gasteiger partial charge in [0.05, 0.1) is 0 Å². The van der Waals surface area contributed by atoms with Crippen molar-refractivity contribution in [2.45, 2.75) is 63.8 Å². The minimum atomic E-state index is -0.594. The van der Waals surface area contributed by atoms with Crippen LogP contribution in [-0.4, -0.2) is 59.8 Å². The summed E-state index contributed by atoms with van der Waals surface area (Å²) in [6.07, 6.45) is 9.03. The molecule has 0 unspecified atom stereocenters. The van der Waals surface area contributed by atoms with Crippen molar-refractivity contribution in [3.8, 4) is 0 Å². The molecule has 2 saturated carbocycles. The molecule has 2 aliphatic carbocycles. The van der Waals surface area contributed by atoms with Gasteiger partial charge in [-0.05, 0) is 37.5 Å². The molecule has 144 valence electrons. The summed E-state index contributed by atoms with van der Waals surface area (Å²) in [6, 6.07) is 0.0543. The SMILES string of the molecule is CCC1=N[C@@]2(CC[C@@H]3CN(C(=O)NCC4CCCCC4)C[C@@H]32)C(=O)N1C. The van der Waals surface area contributed by atoms with Gasteiger partial charge in [-0.15, -0.1) is 0 Å². The van der Waals surface area contributed by atoms with E-state index in [2.05, 4.69) is 5.32 Å². The molecule has 3 amide bonds. The average molecular weight is 361 g/mol. The average Bonchev–Trinajstić information content (AvgIpc) is 3.30. The molecule has 0 aromatic rings. The van der Waals surface area contributed by atoms with Crippen molar-refractivity contribution < 1.29 is 9.59 Å². The van der Waals surface area contributed by atoms with Crippen molar-refractivity contribution in [2.24, 2.45) is 22.7 Å². The number of amides is 3. The van der Waals surface area contributed by atoms with Crippen molar-refractivity contribution in [2.75, 3.05) is 26.7 Å². The summed E-state index contributed by atoms with van der Waals surface area (Å²) in [5.74, 6) is 2.28. The molecule has 1 spiro atoms. The fraction of sp³-hybridized carbons (Fsp3) is 0.850. The molecular formula is C20H32N4O2. The van der Waals surface area contributed by atoms with Gasteiger partial charge in [-0.25, -0.2) is 4.79 Å². The molecule has 2 heterocycles. The van der Waals surface area contributed by atoms with Gasteiger partial charge in [0.25, 0.3) is 5.91 Å². The summed E-state index contributed by atoms with van der Waals surface area (Å²) in [4.78, 5) is 34.2. The Morgan fingerprint density at radius 2 is 2.00 bits per heavy atom. The minimum Gasteiger partial charge on any atom is -0.338 e. The van der Waals surface area contributed by atoms with Crippen LogP contribution in [0, 0.1) is 17.8 Å². The van der Waals surface area contributed by atoms with Crippen LogP contribution >= 0.6 is 0 Å². The van der Waals surface area contributed by atoms with Crippen LogP contribution < -0.4 is 5.32 Å². The highest BCUT2D eigenvalue weighted by Gasteiger charge is 2.60. The predicted molar refractivity (Wildman–Crippen MR) is 101 cm³/mol. The van der Waals surface area contributed by atoms with E-state index in [-0.39, 0.29) is 17.9 Å². The summed E-state index contributed by atoms with van der Waals surface area (Å²) >= 11 is 0. The highest BCUT2D eigenvalue weighted by atomic mass is 16.2. The predicted octanol–water partition coefficient (Wildman–Crippen LogP) is 2.64. The van der Waals surface area contributed by atoms with Gasteiger partial charge < -0.3 is 15.1 Å². The van der Waals surface area contributed by atoms with Gasteiger partial charge in [-0.2, -0.15) is 0 Å². The van der Waals surface area contributed by atoms with Crippen molar-refractivity contribution in [1.29, 1.82) is 0 Å². The Morgan fingerprint density at radius 3 is 2.69 bits per heavy atom. The Balaban J connectivity index is 1.39. The lowest BCUT2D eigenvalue weighted by Crippen LogP contribution is -2.47. The lowest BCUT2D eigenvalue weighted by atomic mass is 9.85. The lowest BCUT2D eigenvalue weighted by molar-refractivity contribution is -0.131. The maximum atomic E-state index is 12.9. The zero-order chi connectivity index (χ0) is 18.3. The van der Waals surface area contributed by atoms with Gasteiger partial charge in [-0.1, -0.05) is 26.2 Å². The Bertz CT molecular complexity index is 613. The summed E-state index contributed by atoms with van der Waals surface area (Å²) in [5.41, 5.74) is -0.594. The first-order valence-corrected chi connectivity index (χ1v) is 10.4. The molecule has 26 heavy (non-hydrogen) atoms. The summed E-state index contributed by atoms with van der Waals surface area (Å²) in [5, 5.41) is 3.16. The number of nitrogens with zero attached hydrogens (tertiary/aromatic N) is 3. The minimum absolute atomic E-state index is 0.0543. The van der Waals surface area contributed by atoms with E-state index in [0.717, 1.165) is 38.2 Å². The Morgan fingerprint density at radius 1 is 1.23 bits per heavy atom. The topological polar surface area (TPSA) is 65.0 Å². The molecule has 1 saturated heterocycles. The van der Waals surface area contributed by atoms with Gasteiger partial charge in [0.1, 0.15) is 11.4 Å². The van der Waals surface area contributed by atoms with Crippen molar-refractivity contribution in [3.05, 3.63) is 0 Å². The molecule has 3 fully saturated rings. The summed E-state index contributed by atoms with van der Waals surface area (Å²) in [7, 11) is 1.84. The molecule has 3 atom stereocenters. The summed E-state index contributed by atoms with van der Waals surface area (Å²) < 4.78 is 0. The second-order valence-corrected chi connectivity index (χ2v) is 8.67. The van der Waals surface area contributed by atoms with Crippen molar-refractivity contribution in [1.82, 2.24) is 15.1 Å². The second-order valence-electron chi connectivity index (χ2n) is 8.67. The van der Waals surface area contributed by atoms with E-state index >= 15 is 0 Å². The van der Waals surface area contributed by atoms with E-state index in [4.69, 9.17) is 4.99 Å². The van der Waals surface area contributed by atoms with E-state index in [1.54, 1.807) is 4.90 Å². The molecule has 0 aromatic heterocycles. The van der Waals surface area contributed by atoms with Crippen LogP contribution in [0.2, 0.25) is 0 Å². The first-order chi connectivity index (χ1) is 12.5. The molecule has 4 rings (SSSR count). The van der Waals surface area contributed by atoms with Gasteiger partial charge in [-0.3, -0.25) is 9.79 Å². The number of aliphatic imine (C=N–C) groups is 1. The van der Waals surface area contributed by atoms with Crippen LogP contribution in [0.25, 0.3) is 0 Å². The summed E-state index contributed by atoms with van der Waals surface area (Å²) in [6.45, 7) is 4.29. The molecule has 2 aliphatic heterocycles.